The molecule has 0 unspecified atom stereocenters. The molecule has 0 aliphatic heterocycles. The molecule has 5 rings (SSSR count). The van der Waals surface area contributed by atoms with Crippen molar-refractivity contribution in [3.63, 3.8) is 0 Å². The first-order chi connectivity index (χ1) is 16.0. The van der Waals surface area contributed by atoms with E-state index in [9.17, 15) is 14.0 Å². The van der Waals surface area contributed by atoms with Gasteiger partial charge >= 0.3 is 0 Å². The van der Waals surface area contributed by atoms with E-state index in [1.165, 1.54) is 12.1 Å². The first-order valence-electron chi connectivity index (χ1n) is 10.2. The van der Waals surface area contributed by atoms with E-state index < -0.39 is 11.5 Å². The van der Waals surface area contributed by atoms with E-state index in [2.05, 4.69) is 15.6 Å². The SMILES string of the molecule is Cc1cccc(-c2nc3c(-c4ccc(F)cc4)n[nH]c3c(=O)n2NC(=O)c2ccccc2)c1. The van der Waals surface area contributed by atoms with Crippen LogP contribution in [0.1, 0.15) is 15.9 Å². The Labute approximate surface area is 187 Å². The molecule has 2 heterocycles. The highest BCUT2D eigenvalue weighted by molar-refractivity contribution is 6.00. The molecule has 33 heavy (non-hydrogen) atoms. The fraction of sp³-hybridized carbons (Fsp3) is 0.0400. The molecule has 0 spiro atoms. The fourth-order valence-electron chi connectivity index (χ4n) is 3.60. The third-order valence-electron chi connectivity index (χ3n) is 5.23. The first kappa shape index (κ1) is 20.3. The molecule has 1 amide bonds. The zero-order chi connectivity index (χ0) is 22.9. The van der Waals surface area contributed by atoms with Gasteiger partial charge in [0.05, 0.1) is 0 Å². The van der Waals surface area contributed by atoms with Gasteiger partial charge < -0.3 is 0 Å². The summed E-state index contributed by atoms with van der Waals surface area (Å²) in [6.45, 7) is 1.93. The van der Waals surface area contributed by atoms with E-state index in [4.69, 9.17) is 4.98 Å². The lowest BCUT2D eigenvalue weighted by molar-refractivity contribution is 0.101. The summed E-state index contributed by atoms with van der Waals surface area (Å²) in [6, 6.07) is 21.8. The molecule has 5 aromatic rings. The Bertz CT molecular complexity index is 1540. The number of nitrogens with zero attached hydrogens (tertiary/aromatic N) is 3. The summed E-state index contributed by atoms with van der Waals surface area (Å²) in [6.07, 6.45) is 0. The largest absolute Gasteiger partial charge is 0.298 e. The van der Waals surface area contributed by atoms with Crippen LogP contribution in [0.15, 0.2) is 83.7 Å². The summed E-state index contributed by atoms with van der Waals surface area (Å²) < 4.78 is 14.5. The lowest BCUT2D eigenvalue weighted by Gasteiger charge is -2.14. The Morgan fingerprint density at radius 1 is 0.970 bits per heavy atom. The molecule has 2 aromatic heterocycles. The van der Waals surface area contributed by atoms with Crippen LogP contribution in [-0.4, -0.2) is 25.8 Å². The van der Waals surface area contributed by atoms with E-state index in [1.54, 1.807) is 42.5 Å². The van der Waals surface area contributed by atoms with Gasteiger partial charge in [-0.15, -0.1) is 0 Å². The lowest BCUT2D eigenvalue weighted by Crippen LogP contribution is -2.35. The molecular formula is C25H18FN5O2. The van der Waals surface area contributed by atoms with Crippen LogP contribution < -0.4 is 11.0 Å². The molecule has 0 atom stereocenters. The molecular weight excluding hydrogens is 421 g/mol. The zero-order valence-electron chi connectivity index (χ0n) is 17.5. The lowest BCUT2D eigenvalue weighted by atomic mass is 10.1. The average Bonchev–Trinajstić information content (AvgIpc) is 3.26. The third-order valence-corrected chi connectivity index (χ3v) is 5.23. The predicted molar refractivity (Wildman–Crippen MR) is 124 cm³/mol. The van der Waals surface area contributed by atoms with E-state index >= 15 is 0 Å². The summed E-state index contributed by atoms with van der Waals surface area (Å²) in [5.41, 5.74) is 5.64. The number of halogens is 1. The number of rotatable bonds is 4. The van der Waals surface area contributed by atoms with Gasteiger partial charge in [0.2, 0.25) is 0 Å². The van der Waals surface area contributed by atoms with Crippen LogP contribution in [0.2, 0.25) is 0 Å². The Morgan fingerprint density at radius 2 is 1.73 bits per heavy atom. The van der Waals surface area contributed by atoms with Crippen molar-refractivity contribution >= 4 is 16.9 Å². The Kier molecular flexibility index (Phi) is 5.02. The number of fused-ring (bicyclic) bond motifs is 1. The molecule has 7 nitrogen and oxygen atoms in total. The second-order valence-corrected chi connectivity index (χ2v) is 7.56. The molecule has 162 valence electrons. The van der Waals surface area contributed by atoms with Gasteiger partial charge in [0, 0.05) is 16.7 Å². The van der Waals surface area contributed by atoms with Crippen molar-refractivity contribution < 1.29 is 9.18 Å². The van der Waals surface area contributed by atoms with E-state index in [0.29, 0.717) is 27.9 Å². The van der Waals surface area contributed by atoms with Crippen molar-refractivity contribution in [2.24, 2.45) is 0 Å². The van der Waals surface area contributed by atoms with Gasteiger partial charge in [-0.05, 0) is 49.4 Å². The molecule has 0 aliphatic rings. The maximum Gasteiger partial charge on any atom is 0.298 e. The zero-order valence-corrected chi connectivity index (χ0v) is 17.5. The van der Waals surface area contributed by atoms with Gasteiger partial charge in [0.25, 0.3) is 11.5 Å². The molecule has 0 aliphatic carbocycles. The van der Waals surface area contributed by atoms with E-state index in [-0.39, 0.29) is 17.2 Å². The maximum atomic E-state index is 13.5. The minimum atomic E-state index is -0.512. The smallest absolute Gasteiger partial charge is 0.270 e. The summed E-state index contributed by atoms with van der Waals surface area (Å²) in [5.74, 6) is -0.575. The van der Waals surface area contributed by atoms with Gasteiger partial charge in [0.15, 0.2) is 11.3 Å². The molecule has 8 heteroatoms. The van der Waals surface area contributed by atoms with Gasteiger partial charge in [0.1, 0.15) is 17.0 Å². The summed E-state index contributed by atoms with van der Waals surface area (Å²) in [7, 11) is 0. The van der Waals surface area contributed by atoms with Crippen LogP contribution in [0.3, 0.4) is 0 Å². The minimum absolute atomic E-state index is 0.124. The predicted octanol–water partition coefficient (Wildman–Crippen LogP) is 4.29. The molecule has 0 radical (unpaired) electrons. The number of hydrogen-bond donors (Lipinski definition) is 2. The number of benzene rings is 3. The van der Waals surface area contributed by atoms with Crippen LogP contribution in [0.4, 0.5) is 4.39 Å². The van der Waals surface area contributed by atoms with Crippen LogP contribution in [0, 0.1) is 12.7 Å². The number of amides is 1. The third kappa shape index (κ3) is 3.78. The Morgan fingerprint density at radius 3 is 2.45 bits per heavy atom. The first-order valence-corrected chi connectivity index (χ1v) is 10.2. The standard InChI is InChI=1S/C25H18FN5O2/c1-15-6-5-9-18(14-15)23-27-21-20(16-10-12-19(26)13-11-16)28-29-22(21)25(33)31(23)30-24(32)17-7-3-2-4-8-17/h2-14H,1H3,(H,28,29)(H,30,32). The van der Waals surface area contributed by atoms with Gasteiger partial charge in [-0.25, -0.2) is 9.37 Å². The number of H-pyrrole nitrogens is 1. The molecule has 0 saturated carbocycles. The maximum absolute atomic E-state index is 13.5. The molecule has 0 fully saturated rings. The second-order valence-electron chi connectivity index (χ2n) is 7.56. The number of carbonyl (C=O) groups is 1. The summed E-state index contributed by atoms with van der Waals surface area (Å²) in [4.78, 5) is 31.0. The normalized spacial score (nSPS) is 11.0. The topological polar surface area (TPSA) is 92.7 Å². The van der Waals surface area contributed by atoms with Crippen LogP contribution in [0.25, 0.3) is 33.7 Å². The molecule has 2 N–H and O–H groups in total. The fourth-order valence-corrected chi connectivity index (χ4v) is 3.60. The van der Waals surface area contributed by atoms with Crippen LogP contribution >= 0.6 is 0 Å². The van der Waals surface area contributed by atoms with E-state index in [0.717, 1.165) is 10.2 Å². The minimum Gasteiger partial charge on any atom is -0.270 e. The number of aromatic amines is 1. The van der Waals surface area contributed by atoms with Gasteiger partial charge in [-0.3, -0.25) is 20.1 Å². The monoisotopic (exact) mass is 439 g/mol. The Hall–Kier alpha value is -4.59. The van der Waals surface area contributed by atoms with Crippen molar-refractivity contribution in [3.05, 3.63) is 106 Å². The average molecular weight is 439 g/mol. The number of aromatic nitrogens is 4. The van der Waals surface area contributed by atoms with Crippen molar-refractivity contribution in [3.8, 4) is 22.6 Å². The highest BCUT2D eigenvalue weighted by Crippen LogP contribution is 2.26. The highest BCUT2D eigenvalue weighted by atomic mass is 19.1. The second kappa shape index (κ2) is 8.16. The Balaban J connectivity index is 1.72. The molecule has 0 bridgehead atoms. The quantitative estimate of drug-likeness (QED) is 0.437. The van der Waals surface area contributed by atoms with Crippen molar-refractivity contribution in [2.75, 3.05) is 5.43 Å². The van der Waals surface area contributed by atoms with Crippen molar-refractivity contribution in [1.82, 2.24) is 19.9 Å². The van der Waals surface area contributed by atoms with Gasteiger partial charge in [-0.2, -0.15) is 9.77 Å². The molecule has 0 saturated heterocycles. The van der Waals surface area contributed by atoms with Crippen molar-refractivity contribution in [2.45, 2.75) is 6.92 Å². The van der Waals surface area contributed by atoms with Crippen LogP contribution in [-0.2, 0) is 0 Å². The van der Waals surface area contributed by atoms with Gasteiger partial charge in [-0.1, -0.05) is 42.0 Å². The number of carbonyl (C=O) groups excluding carboxylic acids is 1. The number of aryl methyl sites for hydroxylation is 1. The summed E-state index contributed by atoms with van der Waals surface area (Å²) >= 11 is 0. The number of nitrogens with one attached hydrogen (secondary N) is 2. The van der Waals surface area contributed by atoms with Crippen molar-refractivity contribution in [1.29, 1.82) is 0 Å². The molecule has 3 aromatic carbocycles. The van der Waals surface area contributed by atoms with E-state index in [1.807, 2.05) is 31.2 Å². The van der Waals surface area contributed by atoms with Crippen LogP contribution in [0.5, 0.6) is 0 Å². The highest BCUT2D eigenvalue weighted by Gasteiger charge is 2.20. The summed E-state index contributed by atoms with van der Waals surface area (Å²) in [5, 5.41) is 6.97. The number of hydrogen-bond acceptors (Lipinski definition) is 4.